The molecule has 1 aromatic rings. The smallest absolute Gasteiger partial charge is 0.227 e. The van der Waals surface area contributed by atoms with Crippen molar-refractivity contribution in [3.63, 3.8) is 0 Å². The monoisotopic (exact) mass is 259 g/mol. The fraction of sp³-hybridized carbons (Fsp3) is 0.562. The average molecular weight is 259 g/mol. The fourth-order valence-corrected chi connectivity index (χ4v) is 2.74. The number of amides is 1. The third kappa shape index (κ3) is 3.09. The number of anilines is 1. The maximum atomic E-state index is 11.8. The summed E-state index contributed by atoms with van der Waals surface area (Å²) in [7, 11) is 0. The van der Waals surface area contributed by atoms with Gasteiger partial charge in [-0.15, -0.1) is 0 Å². The summed E-state index contributed by atoms with van der Waals surface area (Å²) < 4.78 is 5.90. The van der Waals surface area contributed by atoms with Gasteiger partial charge in [-0.25, -0.2) is 0 Å². The highest BCUT2D eigenvalue weighted by atomic mass is 16.5. The first-order valence-corrected chi connectivity index (χ1v) is 7.30. The van der Waals surface area contributed by atoms with Gasteiger partial charge in [-0.3, -0.25) is 4.79 Å². The third-order valence-electron chi connectivity index (χ3n) is 4.17. The Bertz CT molecular complexity index is 448. The molecule has 0 aromatic heterocycles. The predicted octanol–water partition coefficient (Wildman–Crippen LogP) is 3.60. The lowest BCUT2D eigenvalue weighted by Crippen LogP contribution is -2.14. The van der Waals surface area contributed by atoms with Crippen LogP contribution in [0.15, 0.2) is 24.3 Å². The molecule has 3 nitrogen and oxygen atoms in total. The molecule has 1 amide bonds. The van der Waals surface area contributed by atoms with Gasteiger partial charge in [-0.05, 0) is 62.3 Å². The number of hydrogen-bond acceptors (Lipinski definition) is 2. The van der Waals surface area contributed by atoms with Crippen molar-refractivity contribution in [3.05, 3.63) is 24.3 Å². The third-order valence-corrected chi connectivity index (χ3v) is 4.17. The van der Waals surface area contributed by atoms with E-state index in [-0.39, 0.29) is 11.8 Å². The molecule has 0 heterocycles. The van der Waals surface area contributed by atoms with Gasteiger partial charge in [0.25, 0.3) is 0 Å². The van der Waals surface area contributed by atoms with Crippen molar-refractivity contribution in [2.75, 3.05) is 5.32 Å². The highest BCUT2D eigenvalue weighted by Gasteiger charge is 2.39. The van der Waals surface area contributed by atoms with E-state index in [4.69, 9.17) is 4.74 Å². The highest BCUT2D eigenvalue weighted by Crippen LogP contribution is 2.38. The molecule has 0 spiro atoms. The number of carbonyl (C=O) groups is 1. The minimum Gasteiger partial charge on any atom is -0.490 e. The molecule has 2 fully saturated rings. The van der Waals surface area contributed by atoms with E-state index in [0.29, 0.717) is 12.0 Å². The number of nitrogens with one attached hydrogen (secondary N) is 1. The molecule has 2 saturated carbocycles. The molecule has 0 saturated heterocycles. The van der Waals surface area contributed by atoms with Crippen LogP contribution in [0.1, 0.15) is 39.0 Å². The van der Waals surface area contributed by atoms with Crippen LogP contribution in [0.3, 0.4) is 0 Å². The lowest BCUT2D eigenvalue weighted by molar-refractivity contribution is -0.117. The molecule has 1 N–H and O–H groups in total. The van der Waals surface area contributed by atoms with Crippen molar-refractivity contribution in [1.29, 1.82) is 0 Å². The van der Waals surface area contributed by atoms with Crippen LogP contribution in [0, 0.1) is 11.8 Å². The van der Waals surface area contributed by atoms with E-state index in [1.807, 2.05) is 24.3 Å². The Morgan fingerprint density at radius 1 is 1.21 bits per heavy atom. The molecule has 0 bridgehead atoms. The first-order chi connectivity index (χ1) is 9.22. The van der Waals surface area contributed by atoms with Crippen molar-refractivity contribution in [2.24, 2.45) is 11.8 Å². The van der Waals surface area contributed by atoms with Gasteiger partial charge in [0.05, 0.1) is 6.10 Å². The topological polar surface area (TPSA) is 38.3 Å². The molecular formula is C16H21NO2. The molecule has 3 heteroatoms. The first kappa shape index (κ1) is 12.5. The Labute approximate surface area is 114 Å². The van der Waals surface area contributed by atoms with Crippen molar-refractivity contribution >= 4 is 11.6 Å². The van der Waals surface area contributed by atoms with E-state index in [2.05, 4.69) is 12.2 Å². The molecule has 3 rings (SSSR count). The van der Waals surface area contributed by atoms with E-state index < -0.39 is 0 Å². The van der Waals surface area contributed by atoms with Crippen LogP contribution in [0.4, 0.5) is 5.69 Å². The zero-order valence-electron chi connectivity index (χ0n) is 11.4. The lowest BCUT2D eigenvalue weighted by atomic mass is 10.2. The molecule has 2 aliphatic rings. The summed E-state index contributed by atoms with van der Waals surface area (Å²) in [4.78, 5) is 11.8. The minimum atomic E-state index is 0.150. The molecule has 2 atom stereocenters. The largest absolute Gasteiger partial charge is 0.490 e. The molecular weight excluding hydrogens is 238 g/mol. The van der Waals surface area contributed by atoms with Gasteiger partial charge in [0, 0.05) is 11.6 Å². The van der Waals surface area contributed by atoms with Gasteiger partial charge >= 0.3 is 0 Å². The standard InChI is InChI=1S/C16H21NO2/c1-11-10-15(11)16(18)17-12-6-8-14(9-7-12)19-13-4-2-3-5-13/h6-9,11,13,15H,2-5,10H2,1H3,(H,17,18). The number of hydrogen-bond donors (Lipinski definition) is 1. The van der Waals surface area contributed by atoms with Crippen molar-refractivity contribution in [2.45, 2.75) is 45.1 Å². The van der Waals surface area contributed by atoms with E-state index in [1.165, 1.54) is 12.8 Å². The van der Waals surface area contributed by atoms with Gasteiger partial charge in [0.1, 0.15) is 5.75 Å². The normalized spacial score (nSPS) is 26.2. The Kier molecular flexibility index (Phi) is 3.45. The summed E-state index contributed by atoms with van der Waals surface area (Å²) in [5, 5.41) is 2.96. The Morgan fingerprint density at radius 3 is 2.42 bits per heavy atom. The van der Waals surface area contributed by atoms with Gasteiger partial charge in [-0.1, -0.05) is 6.92 Å². The molecule has 2 aliphatic carbocycles. The number of carbonyl (C=O) groups excluding carboxylic acids is 1. The van der Waals surface area contributed by atoms with Crippen LogP contribution < -0.4 is 10.1 Å². The zero-order chi connectivity index (χ0) is 13.2. The lowest BCUT2D eigenvalue weighted by Gasteiger charge is -2.13. The maximum absolute atomic E-state index is 11.8. The van der Waals surface area contributed by atoms with Gasteiger partial charge in [0.15, 0.2) is 0 Å². The highest BCUT2D eigenvalue weighted by molar-refractivity contribution is 5.94. The van der Waals surface area contributed by atoms with Gasteiger partial charge in [0.2, 0.25) is 5.91 Å². The fourth-order valence-electron chi connectivity index (χ4n) is 2.74. The van der Waals surface area contributed by atoms with Crippen molar-refractivity contribution in [1.82, 2.24) is 0 Å². The van der Waals surface area contributed by atoms with Crippen LogP contribution in [0.25, 0.3) is 0 Å². The van der Waals surface area contributed by atoms with Crippen molar-refractivity contribution < 1.29 is 9.53 Å². The quantitative estimate of drug-likeness (QED) is 0.897. The second kappa shape index (κ2) is 5.24. The van der Waals surface area contributed by atoms with E-state index in [1.54, 1.807) is 0 Å². The maximum Gasteiger partial charge on any atom is 0.227 e. The molecule has 0 radical (unpaired) electrons. The number of benzene rings is 1. The van der Waals surface area contributed by atoms with E-state index >= 15 is 0 Å². The minimum absolute atomic E-state index is 0.150. The van der Waals surface area contributed by atoms with Gasteiger partial charge < -0.3 is 10.1 Å². The molecule has 102 valence electrons. The van der Waals surface area contributed by atoms with Gasteiger partial charge in [-0.2, -0.15) is 0 Å². The van der Waals surface area contributed by atoms with E-state index in [0.717, 1.165) is 30.7 Å². The second-order valence-corrected chi connectivity index (χ2v) is 5.86. The number of ether oxygens (including phenoxy) is 1. The Morgan fingerprint density at radius 2 is 1.84 bits per heavy atom. The second-order valence-electron chi connectivity index (χ2n) is 5.86. The summed E-state index contributed by atoms with van der Waals surface area (Å²) in [5.41, 5.74) is 0.864. The average Bonchev–Trinajstić information content (AvgIpc) is 2.92. The molecule has 19 heavy (non-hydrogen) atoms. The summed E-state index contributed by atoms with van der Waals surface area (Å²) >= 11 is 0. The zero-order valence-corrected chi connectivity index (χ0v) is 11.4. The van der Waals surface area contributed by atoms with Crippen LogP contribution in [-0.4, -0.2) is 12.0 Å². The molecule has 0 aliphatic heterocycles. The van der Waals surface area contributed by atoms with Crippen LogP contribution in [0.5, 0.6) is 5.75 Å². The SMILES string of the molecule is CC1CC1C(=O)Nc1ccc(OC2CCCC2)cc1. The van der Waals surface area contributed by atoms with Crippen LogP contribution in [-0.2, 0) is 4.79 Å². The summed E-state index contributed by atoms with van der Waals surface area (Å²) in [6, 6.07) is 7.75. The van der Waals surface area contributed by atoms with Crippen LogP contribution >= 0.6 is 0 Å². The predicted molar refractivity (Wildman–Crippen MR) is 75.2 cm³/mol. The van der Waals surface area contributed by atoms with E-state index in [9.17, 15) is 4.79 Å². The molecule has 2 unspecified atom stereocenters. The van der Waals surface area contributed by atoms with Crippen LogP contribution in [0.2, 0.25) is 0 Å². The summed E-state index contributed by atoms with van der Waals surface area (Å²) in [5.74, 6) is 1.82. The summed E-state index contributed by atoms with van der Waals surface area (Å²) in [6.07, 6.45) is 6.29. The Hall–Kier alpha value is -1.51. The van der Waals surface area contributed by atoms with Crippen molar-refractivity contribution in [3.8, 4) is 5.75 Å². The number of rotatable bonds is 4. The Balaban J connectivity index is 1.54. The molecule has 1 aromatic carbocycles. The summed E-state index contributed by atoms with van der Waals surface area (Å²) in [6.45, 7) is 2.11. The first-order valence-electron chi connectivity index (χ1n) is 7.30.